The molecule has 2 heterocycles. The van der Waals surface area contributed by atoms with Crippen molar-refractivity contribution in [3.05, 3.63) is 47.8 Å². The zero-order chi connectivity index (χ0) is 21.8. The van der Waals surface area contributed by atoms with Crippen LogP contribution in [-0.4, -0.2) is 32.9 Å². The molecule has 6 nitrogen and oxygen atoms in total. The Morgan fingerprint density at radius 2 is 1.69 bits per heavy atom. The third-order valence-corrected chi connectivity index (χ3v) is 3.69. The number of benzene rings is 1. The molecule has 29 heavy (non-hydrogen) atoms. The molecule has 0 aliphatic carbocycles. The molecule has 0 aliphatic rings. The molecule has 12 heteroatoms. The number of carbonyl (C=O) groups is 1. The minimum Gasteiger partial charge on any atom is -0.483 e. The lowest BCUT2D eigenvalue weighted by Gasteiger charge is -2.16. The van der Waals surface area contributed by atoms with Gasteiger partial charge in [0.2, 0.25) is 0 Å². The van der Waals surface area contributed by atoms with Gasteiger partial charge in [0.1, 0.15) is 5.69 Å². The summed E-state index contributed by atoms with van der Waals surface area (Å²) in [5.41, 5.74) is 3.87. The molecule has 1 aromatic carbocycles. The Hall–Kier alpha value is -3.44. The number of carboxylic acid groups (broad SMARTS) is 1. The molecule has 3 N–H and O–H groups in total. The summed E-state index contributed by atoms with van der Waals surface area (Å²) >= 11 is 0. The van der Waals surface area contributed by atoms with Crippen molar-refractivity contribution in [2.75, 3.05) is 5.73 Å². The second-order valence-electron chi connectivity index (χ2n) is 5.62. The Kier molecular flexibility index (Phi) is 6.25. The van der Waals surface area contributed by atoms with Crippen molar-refractivity contribution >= 4 is 23.1 Å². The van der Waals surface area contributed by atoms with Crippen LogP contribution in [0, 0.1) is 0 Å². The number of fused-ring (bicyclic) bond motifs is 1. The van der Waals surface area contributed by atoms with Crippen LogP contribution in [0.2, 0.25) is 0 Å². The third-order valence-electron chi connectivity index (χ3n) is 3.69. The normalized spacial score (nSPS) is 11.7. The van der Waals surface area contributed by atoms with Crippen molar-refractivity contribution in [2.45, 2.75) is 18.8 Å². The maximum atomic E-state index is 12.9. The smallest absolute Gasteiger partial charge is 0.416 e. The van der Waals surface area contributed by atoms with Gasteiger partial charge in [-0.05, 0) is 23.8 Å². The summed E-state index contributed by atoms with van der Waals surface area (Å²) in [6, 6.07) is 3.61. The van der Waals surface area contributed by atoms with Gasteiger partial charge in [0.15, 0.2) is 5.82 Å². The van der Waals surface area contributed by atoms with Crippen LogP contribution < -0.4 is 5.73 Å². The summed E-state index contributed by atoms with van der Waals surface area (Å²) in [7, 11) is 0. The van der Waals surface area contributed by atoms with E-state index in [-0.39, 0.29) is 23.5 Å². The number of aromatic nitrogens is 3. The van der Waals surface area contributed by atoms with Crippen LogP contribution in [0.3, 0.4) is 0 Å². The van der Waals surface area contributed by atoms with Crippen LogP contribution in [0.4, 0.5) is 32.2 Å². The molecular formula is C17H12F6N4O2. The number of alkyl halides is 6. The lowest BCUT2D eigenvalue weighted by Crippen LogP contribution is -2.14. The van der Waals surface area contributed by atoms with Crippen LogP contribution in [0.25, 0.3) is 22.0 Å². The molecule has 0 saturated heterocycles. The van der Waals surface area contributed by atoms with E-state index in [0.29, 0.717) is 22.9 Å². The largest absolute Gasteiger partial charge is 0.483 e. The molecule has 3 aromatic rings. The Labute approximate surface area is 159 Å². The van der Waals surface area contributed by atoms with E-state index in [4.69, 9.17) is 15.6 Å². The minimum absolute atomic E-state index is 0.00424. The summed E-state index contributed by atoms with van der Waals surface area (Å²) in [5, 5.41) is 15.1. The molecular weight excluding hydrogens is 406 g/mol. The van der Waals surface area contributed by atoms with Gasteiger partial charge in [0.05, 0.1) is 12.0 Å². The van der Waals surface area contributed by atoms with Gasteiger partial charge in [-0.1, -0.05) is 6.07 Å². The molecule has 0 amide bonds. The summed E-state index contributed by atoms with van der Waals surface area (Å²) in [4.78, 5) is 12.2. The van der Waals surface area contributed by atoms with Crippen molar-refractivity contribution in [1.29, 1.82) is 0 Å². The molecule has 0 saturated carbocycles. The highest BCUT2D eigenvalue weighted by molar-refractivity contribution is 5.99. The molecule has 0 aliphatic heterocycles. The first-order valence-electron chi connectivity index (χ1n) is 7.69. The van der Waals surface area contributed by atoms with Gasteiger partial charge >= 0.3 is 12.4 Å². The van der Waals surface area contributed by atoms with Crippen LogP contribution in [0.1, 0.15) is 11.1 Å². The van der Waals surface area contributed by atoms with Crippen molar-refractivity contribution in [2.24, 2.45) is 0 Å². The standard InChI is InChI=1S/C16H10F6N4.CH2O2/c17-15(18,19)6-8-5-9(16(20,21)22)1-2-10(8)13-11-3-4-24-7-12(11)14(23)26-25-13;2-1-3/h1-5,7H,6H2,(H2,23,26);1H,(H,2,3). The average Bonchev–Trinajstić information content (AvgIpc) is 2.61. The molecule has 0 fully saturated rings. The van der Waals surface area contributed by atoms with Crippen molar-refractivity contribution < 1.29 is 36.2 Å². The predicted molar refractivity (Wildman–Crippen MR) is 90.6 cm³/mol. The van der Waals surface area contributed by atoms with E-state index in [0.717, 1.165) is 6.07 Å². The molecule has 2 aromatic heterocycles. The number of pyridine rings is 1. The van der Waals surface area contributed by atoms with Crippen LogP contribution in [-0.2, 0) is 17.4 Å². The van der Waals surface area contributed by atoms with E-state index < -0.39 is 29.9 Å². The Morgan fingerprint density at radius 1 is 1.03 bits per heavy atom. The van der Waals surface area contributed by atoms with Crippen LogP contribution in [0.5, 0.6) is 0 Å². The Morgan fingerprint density at radius 3 is 2.28 bits per heavy atom. The van der Waals surface area contributed by atoms with E-state index >= 15 is 0 Å². The maximum absolute atomic E-state index is 12.9. The monoisotopic (exact) mass is 418 g/mol. The SMILES string of the molecule is Nc1nnc(-c2ccc(C(F)(F)F)cc2CC(F)(F)F)c2ccncc12.O=CO. The zero-order valence-electron chi connectivity index (χ0n) is 14.3. The number of anilines is 1. The minimum atomic E-state index is -4.77. The van der Waals surface area contributed by atoms with E-state index in [1.165, 1.54) is 18.5 Å². The average molecular weight is 418 g/mol. The number of hydrogen-bond donors (Lipinski definition) is 2. The van der Waals surface area contributed by atoms with Gasteiger partial charge in [0.25, 0.3) is 6.47 Å². The Bertz CT molecular complexity index is 1020. The molecule has 0 bridgehead atoms. The number of nitrogens with two attached hydrogens (primary N) is 1. The second-order valence-corrected chi connectivity index (χ2v) is 5.62. The van der Waals surface area contributed by atoms with E-state index in [2.05, 4.69) is 15.2 Å². The molecule has 0 spiro atoms. The number of nitrogens with zero attached hydrogens (tertiary/aromatic N) is 3. The first-order valence-corrected chi connectivity index (χ1v) is 7.69. The fourth-order valence-corrected chi connectivity index (χ4v) is 2.58. The number of nitrogen functional groups attached to an aromatic ring is 1. The molecule has 0 unspecified atom stereocenters. The van der Waals surface area contributed by atoms with Crippen LogP contribution >= 0.6 is 0 Å². The number of halogens is 6. The second kappa shape index (κ2) is 8.29. The molecule has 3 rings (SSSR count). The first-order chi connectivity index (χ1) is 13.5. The Balaban J connectivity index is 0.000000941. The van der Waals surface area contributed by atoms with Crippen molar-refractivity contribution in [3.8, 4) is 11.3 Å². The lowest BCUT2D eigenvalue weighted by molar-refractivity contribution is -0.138. The summed E-state index contributed by atoms with van der Waals surface area (Å²) < 4.78 is 77.4. The topological polar surface area (TPSA) is 102 Å². The predicted octanol–water partition coefficient (Wildman–Crippen LogP) is 4.10. The van der Waals surface area contributed by atoms with Gasteiger partial charge < -0.3 is 10.8 Å². The maximum Gasteiger partial charge on any atom is 0.416 e. The van der Waals surface area contributed by atoms with E-state index in [1.807, 2.05) is 0 Å². The van der Waals surface area contributed by atoms with Gasteiger partial charge in [-0.25, -0.2) is 0 Å². The van der Waals surface area contributed by atoms with Crippen molar-refractivity contribution in [3.63, 3.8) is 0 Å². The van der Waals surface area contributed by atoms with E-state index in [1.54, 1.807) is 0 Å². The van der Waals surface area contributed by atoms with Gasteiger partial charge in [-0.3, -0.25) is 9.78 Å². The molecule has 0 radical (unpaired) electrons. The zero-order valence-corrected chi connectivity index (χ0v) is 14.3. The summed E-state index contributed by atoms with van der Waals surface area (Å²) in [5.74, 6) is 0.0149. The van der Waals surface area contributed by atoms with Gasteiger partial charge in [-0.2, -0.15) is 26.3 Å². The summed E-state index contributed by atoms with van der Waals surface area (Å²) in [6.45, 7) is -0.250. The van der Waals surface area contributed by atoms with Gasteiger partial charge in [-0.15, -0.1) is 10.2 Å². The number of hydrogen-bond acceptors (Lipinski definition) is 5. The highest BCUT2D eigenvalue weighted by Crippen LogP contribution is 2.37. The fraction of sp³-hybridized carbons (Fsp3) is 0.176. The van der Waals surface area contributed by atoms with Crippen molar-refractivity contribution in [1.82, 2.24) is 15.2 Å². The summed E-state index contributed by atoms with van der Waals surface area (Å²) in [6.07, 6.45) is -8.27. The number of rotatable bonds is 2. The quantitative estimate of drug-likeness (QED) is 0.480. The first kappa shape index (κ1) is 21.9. The fourth-order valence-electron chi connectivity index (χ4n) is 2.58. The van der Waals surface area contributed by atoms with E-state index in [9.17, 15) is 26.3 Å². The lowest BCUT2D eigenvalue weighted by atomic mass is 9.96. The van der Waals surface area contributed by atoms with Gasteiger partial charge in [0, 0.05) is 28.7 Å². The molecule has 154 valence electrons. The van der Waals surface area contributed by atoms with Crippen LogP contribution in [0.15, 0.2) is 36.7 Å². The highest BCUT2D eigenvalue weighted by atomic mass is 19.4. The molecule has 0 atom stereocenters. The third kappa shape index (κ3) is 5.30. The highest BCUT2D eigenvalue weighted by Gasteiger charge is 2.34.